The lowest BCUT2D eigenvalue weighted by Gasteiger charge is -2.34. The molecule has 1 saturated heterocycles. The van der Waals surface area contributed by atoms with E-state index >= 15 is 0 Å². The number of benzene rings is 1. The molecule has 2 N–H and O–H groups in total. The summed E-state index contributed by atoms with van der Waals surface area (Å²) in [7, 11) is 0. The molecule has 110 valence electrons. The van der Waals surface area contributed by atoms with Crippen LogP contribution in [0.1, 0.15) is 5.56 Å². The van der Waals surface area contributed by atoms with Crippen molar-refractivity contribution in [3.05, 3.63) is 46.7 Å². The van der Waals surface area contributed by atoms with E-state index in [2.05, 4.69) is 41.8 Å². The third kappa shape index (κ3) is 3.51. The van der Waals surface area contributed by atoms with Crippen molar-refractivity contribution in [3.63, 3.8) is 0 Å². The fourth-order valence-corrected chi connectivity index (χ4v) is 2.76. The van der Waals surface area contributed by atoms with Crippen LogP contribution in [-0.4, -0.2) is 41.0 Å². The van der Waals surface area contributed by atoms with E-state index in [1.54, 1.807) is 12.4 Å². The van der Waals surface area contributed by atoms with Crippen LogP contribution in [0.3, 0.4) is 0 Å². The highest BCUT2D eigenvalue weighted by Crippen LogP contribution is 2.21. The summed E-state index contributed by atoms with van der Waals surface area (Å²) in [4.78, 5) is 13.3. The van der Waals surface area contributed by atoms with Gasteiger partial charge in [-0.05, 0) is 39.7 Å². The lowest BCUT2D eigenvalue weighted by atomic mass is 10.2. The van der Waals surface area contributed by atoms with Crippen LogP contribution in [0.5, 0.6) is 0 Å². The number of nitrogens with zero attached hydrogens (tertiary/aromatic N) is 4. The number of hydrogen-bond acceptors (Lipinski definition) is 5. The summed E-state index contributed by atoms with van der Waals surface area (Å²) in [6.07, 6.45) is 3.58. The monoisotopic (exact) mass is 347 g/mol. The molecule has 2 aromatic rings. The van der Waals surface area contributed by atoms with Gasteiger partial charge in [0.15, 0.2) is 0 Å². The molecule has 1 aliphatic rings. The largest absolute Gasteiger partial charge is 0.398 e. The Morgan fingerprint density at radius 1 is 1.10 bits per heavy atom. The molecular formula is C15H18BrN5. The first-order valence-electron chi connectivity index (χ1n) is 7.00. The molecule has 1 fully saturated rings. The molecule has 1 aromatic carbocycles. The summed E-state index contributed by atoms with van der Waals surface area (Å²) in [5.41, 5.74) is 7.98. The number of halogens is 1. The minimum atomic E-state index is 0.795. The van der Waals surface area contributed by atoms with Gasteiger partial charge in [-0.3, -0.25) is 4.90 Å². The first kappa shape index (κ1) is 14.3. The zero-order chi connectivity index (χ0) is 14.7. The lowest BCUT2D eigenvalue weighted by molar-refractivity contribution is 0.248. The third-order valence-electron chi connectivity index (χ3n) is 3.67. The van der Waals surface area contributed by atoms with Crippen molar-refractivity contribution in [3.8, 4) is 0 Å². The van der Waals surface area contributed by atoms with E-state index in [1.165, 1.54) is 5.56 Å². The smallest absolute Gasteiger partial charge is 0.225 e. The highest BCUT2D eigenvalue weighted by molar-refractivity contribution is 9.10. The summed E-state index contributed by atoms with van der Waals surface area (Å²) in [6.45, 7) is 4.86. The van der Waals surface area contributed by atoms with Crippen molar-refractivity contribution in [1.29, 1.82) is 0 Å². The molecule has 0 spiro atoms. The van der Waals surface area contributed by atoms with Gasteiger partial charge in [-0.15, -0.1) is 0 Å². The molecule has 6 heteroatoms. The topological polar surface area (TPSA) is 58.3 Å². The summed E-state index contributed by atoms with van der Waals surface area (Å²) in [6, 6.07) is 8.01. The van der Waals surface area contributed by atoms with E-state index < -0.39 is 0 Å². The maximum Gasteiger partial charge on any atom is 0.225 e. The molecule has 1 aromatic heterocycles. The normalized spacial score (nSPS) is 16.1. The van der Waals surface area contributed by atoms with Gasteiger partial charge in [0, 0.05) is 55.3 Å². The van der Waals surface area contributed by atoms with Crippen LogP contribution in [0.2, 0.25) is 0 Å². The van der Waals surface area contributed by atoms with Crippen LogP contribution in [0, 0.1) is 0 Å². The Morgan fingerprint density at radius 3 is 2.48 bits per heavy atom. The van der Waals surface area contributed by atoms with E-state index in [-0.39, 0.29) is 0 Å². The Kier molecular flexibility index (Phi) is 4.36. The van der Waals surface area contributed by atoms with Gasteiger partial charge in [-0.2, -0.15) is 0 Å². The first-order valence-corrected chi connectivity index (χ1v) is 7.80. The van der Waals surface area contributed by atoms with E-state index in [0.29, 0.717) is 0 Å². The number of anilines is 2. The fourth-order valence-electron chi connectivity index (χ4n) is 2.51. The Bertz CT molecular complexity index is 596. The highest BCUT2D eigenvalue weighted by atomic mass is 79.9. The molecule has 0 amide bonds. The number of nitrogens with two attached hydrogens (primary N) is 1. The zero-order valence-corrected chi connectivity index (χ0v) is 13.3. The van der Waals surface area contributed by atoms with Gasteiger partial charge in [0.2, 0.25) is 5.95 Å². The van der Waals surface area contributed by atoms with Crippen LogP contribution in [0.4, 0.5) is 11.6 Å². The molecule has 2 heterocycles. The Morgan fingerprint density at radius 2 is 1.81 bits per heavy atom. The molecule has 0 unspecified atom stereocenters. The van der Waals surface area contributed by atoms with Crippen molar-refractivity contribution < 1.29 is 0 Å². The van der Waals surface area contributed by atoms with Crippen molar-refractivity contribution in [1.82, 2.24) is 14.9 Å². The fraction of sp³-hybridized carbons (Fsp3) is 0.333. The summed E-state index contributed by atoms with van der Waals surface area (Å²) < 4.78 is 0.956. The van der Waals surface area contributed by atoms with Crippen LogP contribution < -0.4 is 10.6 Å². The van der Waals surface area contributed by atoms with E-state index in [9.17, 15) is 0 Å². The summed E-state index contributed by atoms with van der Waals surface area (Å²) in [5, 5.41) is 0. The molecule has 1 aliphatic heterocycles. The van der Waals surface area contributed by atoms with Crippen molar-refractivity contribution in [2.75, 3.05) is 36.8 Å². The maximum absolute atomic E-state index is 5.93. The molecule has 0 bridgehead atoms. The van der Waals surface area contributed by atoms with Gasteiger partial charge < -0.3 is 10.6 Å². The van der Waals surface area contributed by atoms with E-state index in [0.717, 1.165) is 48.8 Å². The predicted molar refractivity (Wildman–Crippen MR) is 88.1 cm³/mol. The number of rotatable bonds is 3. The lowest BCUT2D eigenvalue weighted by Crippen LogP contribution is -2.46. The Hall–Kier alpha value is -1.66. The predicted octanol–water partition coefficient (Wildman–Crippen LogP) is 2.14. The Labute approximate surface area is 132 Å². The minimum absolute atomic E-state index is 0.795. The molecule has 0 radical (unpaired) electrons. The second-order valence-corrected chi connectivity index (χ2v) is 6.02. The Balaban J connectivity index is 1.57. The average molecular weight is 348 g/mol. The van der Waals surface area contributed by atoms with Crippen molar-refractivity contribution >= 4 is 27.6 Å². The number of piperazine rings is 1. The number of hydrogen-bond donors (Lipinski definition) is 1. The van der Waals surface area contributed by atoms with Gasteiger partial charge in [-0.25, -0.2) is 9.97 Å². The van der Waals surface area contributed by atoms with Gasteiger partial charge in [-0.1, -0.05) is 6.07 Å². The highest BCUT2D eigenvalue weighted by Gasteiger charge is 2.18. The van der Waals surface area contributed by atoms with Gasteiger partial charge in [0.25, 0.3) is 0 Å². The van der Waals surface area contributed by atoms with Crippen LogP contribution in [-0.2, 0) is 6.54 Å². The van der Waals surface area contributed by atoms with Gasteiger partial charge in [0.1, 0.15) is 0 Å². The van der Waals surface area contributed by atoms with Crippen molar-refractivity contribution in [2.24, 2.45) is 0 Å². The third-order valence-corrected chi connectivity index (χ3v) is 4.40. The molecule has 0 atom stereocenters. The van der Waals surface area contributed by atoms with Crippen molar-refractivity contribution in [2.45, 2.75) is 6.54 Å². The standard InChI is InChI=1S/C15H18BrN5/c16-13-3-2-12(10-14(13)17)11-20-6-8-21(9-7-20)15-18-4-1-5-19-15/h1-5,10H,6-9,11,17H2. The average Bonchev–Trinajstić information content (AvgIpc) is 2.53. The van der Waals surface area contributed by atoms with Gasteiger partial charge in [0.05, 0.1) is 0 Å². The minimum Gasteiger partial charge on any atom is -0.398 e. The quantitative estimate of drug-likeness (QED) is 0.862. The second-order valence-electron chi connectivity index (χ2n) is 5.17. The van der Waals surface area contributed by atoms with Crippen LogP contribution in [0.15, 0.2) is 41.1 Å². The summed E-state index contributed by atoms with van der Waals surface area (Å²) >= 11 is 3.43. The van der Waals surface area contributed by atoms with Crippen LogP contribution >= 0.6 is 15.9 Å². The first-order chi connectivity index (χ1) is 10.2. The zero-order valence-electron chi connectivity index (χ0n) is 11.7. The number of nitrogen functional groups attached to an aromatic ring is 1. The molecule has 21 heavy (non-hydrogen) atoms. The molecule has 0 aliphatic carbocycles. The van der Waals surface area contributed by atoms with Gasteiger partial charge >= 0.3 is 0 Å². The van der Waals surface area contributed by atoms with E-state index in [4.69, 9.17) is 5.73 Å². The molecule has 3 rings (SSSR count). The van der Waals surface area contributed by atoms with E-state index in [1.807, 2.05) is 18.2 Å². The molecule has 5 nitrogen and oxygen atoms in total. The summed E-state index contributed by atoms with van der Waals surface area (Å²) in [5.74, 6) is 0.824. The second kappa shape index (κ2) is 6.41. The molecular weight excluding hydrogens is 330 g/mol. The SMILES string of the molecule is Nc1cc(CN2CCN(c3ncccn3)CC2)ccc1Br. The maximum atomic E-state index is 5.93. The number of aromatic nitrogens is 2. The van der Waals surface area contributed by atoms with Crippen LogP contribution in [0.25, 0.3) is 0 Å². The molecule has 0 saturated carbocycles.